The lowest BCUT2D eigenvalue weighted by atomic mass is 10.2. The van der Waals surface area contributed by atoms with Crippen molar-refractivity contribution in [3.63, 3.8) is 0 Å². The van der Waals surface area contributed by atoms with E-state index in [0.717, 1.165) is 23.1 Å². The largest absolute Gasteiger partial charge is 0.380 e. The van der Waals surface area contributed by atoms with Crippen molar-refractivity contribution in [1.29, 1.82) is 0 Å². The van der Waals surface area contributed by atoms with Crippen LogP contribution < -0.4 is 5.32 Å². The van der Waals surface area contributed by atoms with Crippen molar-refractivity contribution >= 4 is 31.5 Å². The van der Waals surface area contributed by atoms with Gasteiger partial charge in [-0.2, -0.15) is 0 Å². The van der Waals surface area contributed by atoms with E-state index in [-0.39, 0.29) is 11.8 Å². The smallest absolute Gasteiger partial charge is 0.152 e. The van der Waals surface area contributed by atoms with Gasteiger partial charge in [-0.1, -0.05) is 0 Å². The zero-order valence-electron chi connectivity index (χ0n) is 8.69. The van der Waals surface area contributed by atoms with Crippen LogP contribution in [0.3, 0.4) is 0 Å². The molecule has 1 fully saturated rings. The Bertz CT molecular complexity index is 458. The summed E-state index contributed by atoms with van der Waals surface area (Å²) in [5, 5.41) is 3.20. The molecule has 2 heterocycles. The zero-order valence-corrected chi connectivity index (χ0v) is 11.1. The Labute approximate surface area is 104 Å². The van der Waals surface area contributed by atoms with Gasteiger partial charge in [0.1, 0.15) is 4.60 Å². The first kappa shape index (κ1) is 11.9. The summed E-state index contributed by atoms with van der Waals surface area (Å²) in [5.41, 5.74) is 0.866. The van der Waals surface area contributed by atoms with Crippen molar-refractivity contribution < 1.29 is 8.42 Å². The van der Waals surface area contributed by atoms with Crippen molar-refractivity contribution in [1.82, 2.24) is 4.98 Å². The second kappa shape index (κ2) is 4.71. The van der Waals surface area contributed by atoms with Crippen LogP contribution in [-0.4, -0.2) is 30.9 Å². The molecule has 1 unspecified atom stereocenters. The van der Waals surface area contributed by atoms with Gasteiger partial charge in [-0.05, 0) is 40.9 Å². The first-order valence-electron chi connectivity index (χ1n) is 5.14. The number of nitrogens with one attached hydrogen (secondary N) is 1. The maximum Gasteiger partial charge on any atom is 0.152 e. The van der Waals surface area contributed by atoms with Gasteiger partial charge in [-0.15, -0.1) is 0 Å². The van der Waals surface area contributed by atoms with E-state index in [9.17, 15) is 8.42 Å². The van der Waals surface area contributed by atoms with Gasteiger partial charge in [0.05, 0.1) is 23.4 Å². The first-order chi connectivity index (χ1) is 7.55. The van der Waals surface area contributed by atoms with Gasteiger partial charge in [0.25, 0.3) is 0 Å². The molecule has 1 aromatic heterocycles. The molecular formula is C10H13BrN2O2S. The molecule has 0 aliphatic carbocycles. The highest BCUT2D eigenvalue weighted by Crippen LogP contribution is 2.17. The quantitative estimate of drug-likeness (QED) is 0.847. The molecule has 88 valence electrons. The fourth-order valence-electron chi connectivity index (χ4n) is 1.83. The van der Waals surface area contributed by atoms with Crippen molar-refractivity contribution in [2.24, 2.45) is 0 Å². The van der Waals surface area contributed by atoms with Crippen molar-refractivity contribution in [3.05, 3.63) is 22.9 Å². The van der Waals surface area contributed by atoms with Crippen LogP contribution in [0.1, 0.15) is 12.8 Å². The fourth-order valence-corrected chi connectivity index (χ4v) is 3.70. The lowest BCUT2D eigenvalue weighted by Gasteiger charge is -2.23. The number of hydrogen-bond donors (Lipinski definition) is 1. The predicted octanol–water partition coefficient (Wildman–Crippen LogP) is 1.83. The number of halogens is 1. The fraction of sp³-hybridized carbons (Fsp3) is 0.500. The average Bonchev–Trinajstić information content (AvgIpc) is 2.20. The summed E-state index contributed by atoms with van der Waals surface area (Å²) < 4.78 is 23.7. The SMILES string of the molecule is O=S1(=O)CCCC(Nc2ccc(Br)nc2)C1. The average molecular weight is 305 g/mol. The Kier molecular flexibility index (Phi) is 3.49. The Morgan fingerprint density at radius 1 is 1.44 bits per heavy atom. The Balaban J connectivity index is 2.02. The molecule has 4 nitrogen and oxygen atoms in total. The van der Waals surface area contributed by atoms with Gasteiger partial charge in [0, 0.05) is 6.04 Å². The van der Waals surface area contributed by atoms with Crippen LogP contribution in [0, 0.1) is 0 Å². The van der Waals surface area contributed by atoms with E-state index < -0.39 is 9.84 Å². The van der Waals surface area contributed by atoms with E-state index >= 15 is 0 Å². The van der Waals surface area contributed by atoms with E-state index in [1.165, 1.54) is 0 Å². The van der Waals surface area contributed by atoms with Gasteiger partial charge >= 0.3 is 0 Å². The summed E-state index contributed by atoms with van der Waals surface area (Å²) in [5.74, 6) is 0.548. The van der Waals surface area contributed by atoms with Crippen LogP contribution in [0.25, 0.3) is 0 Å². The van der Waals surface area contributed by atoms with Gasteiger partial charge in [-0.3, -0.25) is 0 Å². The van der Waals surface area contributed by atoms with Crippen molar-refractivity contribution in [2.45, 2.75) is 18.9 Å². The molecule has 0 spiro atoms. The van der Waals surface area contributed by atoms with E-state index in [0.29, 0.717) is 5.75 Å². The summed E-state index contributed by atoms with van der Waals surface area (Å²) in [6.45, 7) is 0. The molecule has 0 aromatic carbocycles. The number of pyridine rings is 1. The van der Waals surface area contributed by atoms with E-state index in [2.05, 4.69) is 26.2 Å². The molecular weight excluding hydrogens is 292 g/mol. The third kappa shape index (κ3) is 3.18. The summed E-state index contributed by atoms with van der Waals surface area (Å²) in [7, 11) is -2.85. The molecule has 0 bridgehead atoms. The Morgan fingerprint density at radius 2 is 2.25 bits per heavy atom. The third-order valence-electron chi connectivity index (χ3n) is 2.56. The van der Waals surface area contributed by atoms with Gasteiger partial charge in [0.2, 0.25) is 0 Å². The molecule has 0 amide bonds. The monoisotopic (exact) mass is 304 g/mol. The van der Waals surface area contributed by atoms with Crippen LogP contribution in [0.5, 0.6) is 0 Å². The predicted molar refractivity (Wildman–Crippen MR) is 67.2 cm³/mol. The lowest BCUT2D eigenvalue weighted by Crippen LogP contribution is -2.34. The molecule has 1 N–H and O–H groups in total. The minimum absolute atomic E-state index is 0.0155. The highest BCUT2D eigenvalue weighted by atomic mass is 79.9. The van der Waals surface area contributed by atoms with E-state index in [4.69, 9.17) is 0 Å². The Morgan fingerprint density at radius 3 is 2.88 bits per heavy atom. The van der Waals surface area contributed by atoms with Crippen molar-refractivity contribution in [3.8, 4) is 0 Å². The van der Waals surface area contributed by atoms with E-state index in [1.54, 1.807) is 6.20 Å². The Hall–Kier alpha value is -0.620. The third-order valence-corrected chi connectivity index (χ3v) is 4.85. The minimum Gasteiger partial charge on any atom is -0.380 e. The standard InChI is InChI=1S/C10H13BrN2O2S/c11-10-4-3-8(6-12-10)13-9-2-1-5-16(14,15)7-9/h3-4,6,9,13H,1-2,5,7H2. The zero-order chi connectivity index (χ0) is 11.6. The minimum atomic E-state index is -2.85. The maximum absolute atomic E-state index is 11.4. The highest BCUT2D eigenvalue weighted by Gasteiger charge is 2.24. The number of nitrogens with zero attached hydrogens (tertiary/aromatic N) is 1. The highest BCUT2D eigenvalue weighted by molar-refractivity contribution is 9.10. The molecule has 16 heavy (non-hydrogen) atoms. The molecule has 1 aliphatic heterocycles. The summed E-state index contributed by atoms with van der Waals surface area (Å²) >= 11 is 3.25. The van der Waals surface area contributed by atoms with Gasteiger partial charge in [0.15, 0.2) is 9.84 Å². The molecule has 1 saturated heterocycles. The lowest BCUT2D eigenvalue weighted by molar-refractivity contribution is 0.562. The van der Waals surface area contributed by atoms with Crippen LogP contribution in [0.15, 0.2) is 22.9 Å². The molecule has 6 heteroatoms. The summed E-state index contributed by atoms with van der Waals surface area (Å²) in [6, 6.07) is 3.74. The van der Waals surface area contributed by atoms with Crippen LogP contribution >= 0.6 is 15.9 Å². The van der Waals surface area contributed by atoms with Crippen LogP contribution in [0.2, 0.25) is 0 Å². The van der Waals surface area contributed by atoms with Gasteiger partial charge < -0.3 is 5.32 Å². The van der Waals surface area contributed by atoms with Crippen molar-refractivity contribution in [2.75, 3.05) is 16.8 Å². The molecule has 2 rings (SSSR count). The van der Waals surface area contributed by atoms with Gasteiger partial charge in [-0.25, -0.2) is 13.4 Å². The maximum atomic E-state index is 11.4. The summed E-state index contributed by atoms with van der Waals surface area (Å²) in [6.07, 6.45) is 3.34. The number of hydrogen-bond acceptors (Lipinski definition) is 4. The van der Waals surface area contributed by atoms with Crippen LogP contribution in [-0.2, 0) is 9.84 Å². The molecule has 1 aliphatic rings. The second-order valence-corrected chi connectivity index (χ2v) is 7.01. The molecule has 0 saturated carbocycles. The normalized spacial score (nSPS) is 23.9. The van der Waals surface area contributed by atoms with Crippen LogP contribution in [0.4, 0.5) is 5.69 Å². The summed E-state index contributed by atoms with van der Waals surface area (Å²) in [4.78, 5) is 4.09. The first-order valence-corrected chi connectivity index (χ1v) is 7.75. The molecule has 0 radical (unpaired) electrons. The molecule has 1 aromatic rings. The molecule has 1 atom stereocenters. The number of anilines is 1. The number of rotatable bonds is 2. The second-order valence-electron chi connectivity index (χ2n) is 3.97. The number of aromatic nitrogens is 1. The number of sulfone groups is 1. The topological polar surface area (TPSA) is 59.1 Å². The van der Waals surface area contributed by atoms with E-state index in [1.807, 2.05) is 12.1 Å².